The topological polar surface area (TPSA) is 76.2 Å². The fourth-order valence-corrected chi connectivity index (χ4v) is 1.39. The van der Waals surface area contributed by atoms with Gasteiger partial charge in [-0.1, -0.05) is 12.1 Å². The summed E-state index contributed by atoms with van der Waals surface area (Å²) < 4.78 is 0. The highest BCUT2D eigenvalue weighted by molar-refractivity contribution is 6.05. The van der Waals surface area contributed by atoms with Crippen molar-refractivity contribution in [1.29, 1.82) is 0 Å². The van der Waals surface area contributed by atoms with E-state index in [4.69, 9.17) is 5.73 Å². The molecule has 0 saturated carbocycles. The number of primary amides is 1. The van der Waals surface area contributed by atoms with Crippen molar-refractivity contribution < 1.29 is 9.90 Å². The maximum atomic E-state index is 11.0. The summed E-state index contributed by atoms with van der Waals surface area (Å²) in [6.45, 7) is 0. The van der Waals surface area contributed by atoms with Gasteiger partial charge in [-0.3, -0.25) is 9.78 Å². The van der Waals surface area contributed by atoms with Crippen molar-refractivity contribution in [2.45, 2.75) is 0 Å². The molecule has 4 nitrogen and oxygen atoms in total. The summed E-state index contributed by atoms with van der Waals surface area (Å²) in [5, 5.41) is 10.6. The fraction of sp³-hybridized carbons (Fsp3) is 0. The van der Waals surface area contributed by atoms with Gasteiger partial charge in [0.1, 0.15) is 11.4 Å². The Morgan fingerprint density at radius 1 is 1.29 bits per heavy atom. The monoisotopic (exact) mass is 188 g/mol. The molecule has 0 atom stereocenters. The van der Waals surface area contributed by atoms with Crippen molar-refractivity contribution in [2.24, 2.45) is 5.73 Å². The summed E-state index contributed by atoms with van der Waals surface area (Å²) in [5.41, 5.74) is 5.33. The summed E-state index contributed by atoms with van der Waals surface area (Å²) >= 11 is 0. The van der Waals surface area contributed by atoms with E-state index in [9.17, 15) is 9.90 Å². The van der Waals surface area contributed by atoms with Crippen LogP contribution in [0.15, 0.2) is 30.5 Å². The number of carbonyl (C=O) groups is 1. The highest BCUT2D eigenvalue weighted by atomic mass is 16.3. The Kier molecular flexibility index (Phi) is 1.81. The predicted octanol–water partition coefficient (Wildman–Crippen LogP) is 1.04. The maximum Gasteiger partial charge on any atom is 0.267 e. The molecule has 0 radical (unpaired) electrons. The van der Waals surface area contributed by atoms with Gasteiger partial charge in [-0.2, -0.15) is 0 Å². The van der Waals surface area contributed by atoms with Crippen molar-refractivity contribution in [3.63, 3.8) is 0 Å². The van der Waals surface area contributed by atoms with Crippen LogP contribution in [0.3, 0.4) is 0 Å². The molecule has 0 bridgehead atoms. The number of aromatic nitrogens is 1. The van der Waals surface area contributed by atoms with E-state index in [0.29, 0.717) is 10.8 Å². The molecule has 1 aromatic heterocycles. The SMILES string of the molecule is NC(=O)c1nccc2c(O)cccc12. The van der Waals surface area contributed by atoms with E-state index in [0.717, 1.165) is 0 Å². The van der Waals surface area contributed by atoms with Gasteiger partial charge < -0.3 is 10.8 Å². The second-order valence-corrected chi connectivity index (χ2v) is 2.90. The zero-order chi connectivity index (χ0) is 10.1. The summed E-state index contributed by atoms with van der Waals surface area (Å²) in [7, 11) is 0. The number of rotatable bonds is 1. The highest BCUT2D eigenvalue weighted by Gasteiger charge is 2.08. The molecule has 70 valence electrons. The first-order valence-corrected chi connectivity index (χ1v) is 4.06. The summed E-state index contributed by atoms with van der Waals surface area (Å²) in [5.74, 6) is -0.478. The van der Waals surface area contributed by atoms with Crippen LogP contribution in [0, 0.1) is 0 Å². The van der Waals surface area contributed by atoms with E-state index in [-0.39, 0.29) is 11.4 Å². The summed E-state index contributed by atoms with van der Waals surface area (Å²) in [6.07, 6.45) is 1.45. The van der Waals surface area contributed by atoms with Crippen LogP contribution in [-0.2, 0) is 0 Å². The molecular formula is C10H8N2O2. The van der Waals surface area contributed by atoms with Gasteiger partial charge >= 0.3 is 0 Å². The molecule has 14 heavy (non-hydrogen) atoms. The normalized spacial score (nSPS) is 10.3. The zero-order valence-corrected chi connectivity index (χ0v) is 7.27. The number of hydrogen-bond donors (Lipinski definition) is 2. The number of phenols is 1. The molecule has 0 saturated heterocycles. The second-order valence-electron chi connectivity index (χ2n) is 2.90. The van der Waals surface area contributed by atoms with Crippen molar-refractivity contribution in [3.05, 3.63) is 36.2 Å². The molecule has 0 aliphatic rings. The van der Waals surface area contributed by atoms with Crippen LogP contribution in [0.1, 0.15) is 10.5 Å². The van der Waals surface area contributed by atoms with Gasteiger partial charge in [0.05, 0.1) is 0 Å². The average Bonchev–Trinajstić information content (AvgIpc) is 2.17. The molecule has 0 fully saturated rings. The molecule has 1 amide bonds. The number of phenolic OH excluding ortho intramolecular Hbond substituents is 1. The Morgan fingerprint density at radius 2 is 2.07 bits per heavy atom. The smallest absolute Gasteiger partial charge is 0.267 e. The van der Waals surface area contributed by atoms with E-state index < -0.39 is 5.91 Å². The molecule has 2 rings (SSSR count). The lowest BCUT2D eigenvalue weighted by molar-refractivity contribution is 0.0997. The largest absolute Gasteiger partial charge is 0.507 e. The van der Waals surface area contributed by atoms with Gasteiger partial charge in [-0.05, 0) is 12.1 Å². The maximum absolute atomic E-state index is 11.0. The van der Waals surface area contributed by atoms with Gasteiger partial charge in [0, 0.05) is 17.0 Å². The molecule has 3 N–H and O–H groups in total. The van der Waals surface area contributed by atoms with Crippen molar-refractivity contribution in [3.8, 4) is 5.75 Å². The average molecular weight is 188 g/mol. The van der Waals surface area contributed by atoms with E-state index >= 15 is 0 Å². The van der Waals surface area contributed by atoms with E-state index in [1.807, 2.05) is 0 Å². The van der Waals surface area contributed by atoms with Gasteiger partial charge in [-0.25, -0.2) is 0 Å². The Bertz CT molecular complexity index is 508. The number of benzene rings is 1. The zero-order valence-electron chi connectivity index (χ0n) is 7.27. The Morgan fingerprint density at radius 3 is 2.79 bits per heavy atom. The van der Waals surface area contributed by atoms with Crippen LogP contribution in [0.25, 0.3) is 10.8 Å². The molecule has 0 aliphatic carbocycles. The number of nitrogens with zero attached hydrogens (tertiary/aromatic N) is 1. The molecule has 4 heteroatoms. The highest BCUT2D eigenvalue weighted by Crippen LogP contribution is 2.25. The number of aromatic hydroxyl groups is 1. The Labute approximate surface area is 80.0 Å². The lowest BCUT2D eigenvalue weighted by Crippen LogP contribution is -2.13. The molecule has 0 aliphatic heterocycles. The minimum Gasteiger partial charge on any atom is -0.507 e. The predicted molar refractivity (Wildman–Crippen MR) is 51.9 cm³/mol. The Hall–Kier alpha value is -2.10. The first-order valence-electron chi connectivity index (χ1n) is 4.06. The third-order valence-electron chi connectivity index (χ3n) is 2.02. The quantitative estimate of drug-likeness (QED) is 0.701. The summed E-state index contributed by atoms with van der Waals surface area (Å²) in [4.78, 5) is 14.9. The lowest BCUT2D eigenvalue weighted by atomic mass is 10.1. The van der Waals surface area contributed by atoms with E-state index in [1.165, 1.54) is 6.20 Å². The van der Waals surface area contributed by atoms with Crippen LogP contribution in [0.5, 0.6) is 5.75 Å². The van der Waals surface area contributed by atoms with Crippen LogP contribution >= 0.6 is 0 Å². The third kappa shape index (κ3) is 1.17. The third-order valence-corrected chi connectivity index (χ3v) is 2.02. The number of nitrogens with two attached hydrogens (primary N) is 1. The van der Waals surface area contributed by atoms with Gasteiger partial charge in [-0.15, -0.1) is 0 Å². The van der Waals surface area contributed by atoms with Gasteiger partial charge in [0.25, 0.3) is 5.91 Å². The minimum absolute atomic E-state index is 0.118. The first-order chi connectivity index (χ1) is 6.70. The van der Waals surface area contributed by atoms with E-state index in [2.05, 4.69) is 4.98 Å². The molecular weight excluding hydrogens is 180 g/mol. The second kappa shape index (κ2) is 2.99. The molecule has 0 unspecified atom stereocenters. The van der Waals surface area contributed by atoms with E-state index in [1.54, 1.807) is 24.3 Å². The number of fused-ring (bicyclic) bond motifs is 1. The molecule has 2 aromatic rings. The fourth-order valence-electron chi connectivity index (χ4n) is 1.39. The lowest BCUT2D eigenvalue weighted by Gasteiger charge is -2.02. The van der Waals surface area contributed by atoms with Crippen LogP contribution in [-0.4, -0.2) is 16.0 Å². The Balaban J connectivity index is 2.88. The van der Waals surface area contributed by atoms with Gasteiger partial charge in [0.15, 0.2) is 0 Å². The van der Waals surface area contributed by atoms with Crippen LogP contribution < -0.4 is 5.73 Å². The number of hydrogen-bond acceptors (Lipinski definition) is 3. The number of carbonyl (C=O) groups excluding carboxylic acids is 1. The molecule has 0 spiro atoms. The first kappa shape index (κ1) is 8.50. The van der Waals surface area contributed by atoms with Gasteiger partial charge in [0.2, 0.25) is 0 Å². The van der Waals surface area contributed by atoms with Crippen LogP contribution in [0.2, 0.25) is 0 Å². The number of amides is 1. The summed E-state index contributed by atoms with van der Waals surface area (Å²) in [6, 6.07) is 6.53. The van der Waals surface area contributed by atoms with Crippen molar-refractivity contribution in [2.75, 3.05) is 0 Å². The standard InChI is InChI=1S/C10H8N2O2/c11-10(14)9-7-2-1-3-8(13)6(7)4-5-12-9/h1-5,13H,(H2,11,14). The van der Waals surface area contributed by atoms with Crippen LogP contribution in [0.4, 0.5) is 0 Å². The van der Waals surface area contributed by atoms with Crippen molar-refractivity contribution >= 4 is 16.7 Å². The van der Waals surface area contributed by atoms with Crippen molar-refractivity contribution in [1.82, 2.24) is 4.98 Å². The number of pyridine rings is 1. The molecule has 1 aromatic carbocycles. The molecule has 1 heterocycles. The minimum atomic E-state index is -0.596.